The van der Waals surface area contributed by atoms with Crippen molar-refractivity contribution in [1.82, 2.24) is 10.2 Å². The van der Waals surface area contributed by atoms with E-state index in [0.717, 1.165) is 18.5 Å². The summed E-state index contributed by atoms with van der Waals surface area (Å²) in [4.78, 5) is 2.41. The lowest BCUT2D eigenvalue weighted by Crippen LogP contribution is -2.59. The smallest absolute Gasteiger partial charge is 0.0330 e. The maximum absolute atomic E-state index is 6.02. The Balaban J connectivity index is 1.89. The van der Waals surface area contributed by atoms with Gasteiger partial charge in [-0.2, -0.15) is 0 Å². The predicted octanol–water partition coefficient (Wildman–Crippen LogP) is 1.19. The van der Waals surface area contributed by atoms with Crippen molar-refractivity contribution in [2.75, 3.05) is 26.7 Å². The number of hydrogen-bond acceptors (Lipinski definition) is 3. The van der Waals surface area contributed by atoms with Gasteiger partial charge in [0.2, 0.25) is 0 Å². The zero-order chi connectivity index (χ0) is 11.6. The molecule has 0 radical (unpaired) electrons. The summed E-state index contributed by atoms with van der Waals surface area (Å²) in [6.07, 6.45) is 6.50. The van der Waals surface area contributed by atoms with Gasteiger partial charge in [0.15, 0.2) is 0 Å². The lowest BCUT2D eigenvalue weighted by Gasteiger charge is -2.42. The molecular weight excluding hydrogens is 198 g/mol. The molecule has 94 valence electrons. The molecule has 1 saturated heterocycles. The molecule has 0 aromatic rings. The van der Waals surface area contributed by atoms with Gasteiger partial charge >= 0.3 is 0 Å². The number of rotatable bonds is 3. The molecule has 3 N–H and O–H groups in total. The average Bonchev–Trinajstić information content (AvgIpc) is 2.68. The van der Waals surface area contributed by atoms with Crippen molar-refractivity contribution in [3.63, 3.8) is 0 Å². The minimum Gasteiger partial charge on any atom is -0.329 e. The summed E-state index contributed by atoms with van der Waals surface area (Å²) in [6.45, 7) is 5.54. The van der Waals surface area contributed by atoms with Gasteiger partial charge in [-0.3, -0.25) is 0 Å². The zero-order valence-corrected chi connectivity index (χ0v) is 10.8. The standard InChI is InChI=1S/C13H27N3/c1-11-3-4-12(9-11)15-13(10-14)5-7-16(2)8-6-13/h11-12,15H,3-10,14H2,1-2H3. The summed E-state index contributed by atoms with van der Waals surface area (Å²) < 4.78 is 0. The number of nitrogens with one attached hydrogen (secondary N) is 1. The van der Waals surface area contributed by atoms with E-state index in [1.54, 1.807) is 0 Å². The molecule has 0 aromatic carbocycles. The van der Waals surface area contributed by atoms with Crippen molar-refractivity contribution < 1.29 is 0 Å². The minimum absolute atomic E-state index is 0.237. The van der Waals surface area contributed by atoms with Crippen LogP contribution in [0.4, 0.5) is 0 Å². The topological polar surface area (TPSA) is 41.3 Å². The van der Waals surface area contributed by atoms with Gasteiger partial charge in [0, 0.05) is 18.1 Å². The Morgan fingerprint density at radius 3 is 2.50 bits per heavy atom. The highest BCUT2D eigenvalue weighted by atomic mass is 15.1. The normalized spacial score (nSPS) is 35.4. The first-order valence-electron chi connectivity index (χ1n) is 6.80. The summed E-state index contributed by atoms with van der Waals surface area (Å²) in [5.41, 5.74) is 6.25. The van der Waals surface area contributed by atoms with E-state index in [9.17, 15) is 0 Å². The molecule has 0 spiro atoms. The summed E-state index contributed by atoms with van der Waals surface area (Å²) in [5, 5.41) is 3.88. The highest BCUT2D eigenvalue weighted by molar-refractivity contribution is 4.97. The molecule has 0 bridgehead atoms. The van der Waals surface area contributed by atoms with Crippen molar-refractivity contribution >= 4 is 0 Å². The monoisotopic (exact) mass is 225 g/mol. The molecule has 2 unspecified atom stereocenters. The van der Waals surface area contributed by atoms with E-state index < -0.39 is 0 Å². The van der Waals surface area contributed by atoms with E-state index >= 15 is 0 Å². The average molecular weight is 225 g/mol. The molecule has 3 nitrogen and oxygen atoms in total. The third kappa shape index (κ3) is 2.76. The van der Waals surface area contributed by atoms with Gasteiger partial charge in [-0.25, -0.2) is 0 Å². The fourth-order valence-electron chi connectivity index (χ4n) is 3.23. The van der Waals surface area contributed by atoms with Crippen LogP contribution in [0.1, 0.15) is 39.0 Å². The van der Waals surface area contributed by atoms with Crippen LogP contribution in [0.5, 0.6) is 0 Å². The second kappa shape index (κ2) is 5.03. The number of nitrogens with two attached hydrogens (primary N) is 1. The summed E-state index contributed by atoms with van der Waals surface area (Å²) >= 11 is 0. The second-order valence-corrected chi connectivity index (χ2v) is 6.05. The van der Waals surface area contributed by atoms with Gasteiger partial charge < -0.3 is 16.0 Å². The van der Waals surface area contributed by atoms with Gasteiger partial charge in [0.05, 0.1) is 0 Å². The fourth-order valence-corrected chi connectivity index (χ4v) is 3.23. The van der Waals surface area contributed by atoms with E-state index in [1.165, 1.54) is 45.2 Å². The van der Waals surface area contributed by atoms with Crippen LogP contribution in [0, 0.1) is 5.92 Å². The fraction of sp³-hybridized carbons (Fsp3) is 1.00. The van der Waals surface area contributed by atoms with Gasteiger partial charge in [-0.15, -0.1) is 0 Å². The molecule has 2 atom stereocenters. The number of nitrogens with zero attached hydrogens (tertiary/aromatic N) is 1. The molecule has 1 aliphatic carbocycles. The first kappa shape index (κ1) is 12.3. The van der Waals surface area contributed by atoms with Gasteiger partial charge in [-0.1, -0.05) is 6.92 Å². The quantitative estimate of drug-likeness (QED) is 0.758. The summed E-state index contributed by atoms with van der Waals surface area (Å²) in [5.74, 6) is 0.901. The van der Waals surface area contributed by atoms with Crippen LogP contribution in [0.15, 0.2) is 0 Å². The number of hydrogen-bond donors (Lipinski definition) is 2. The van der Waals surface area contributed by atoms with E-state index in [1.807, 2.05) is 0 Å². The summed E-state index contributed by atoms with van der Waals surface area (Å²) in [6, 6.07) is 0.724. The maximum atomic E-state index is 6.02. The van der Waals surface area contributed by atoms with Gasteiger partial charge in [0.25, 0.3) is 0 Å². The molecule has 1 aliphatic heterocycles. The molecule has 2 fully saturated rings. The molecule has 2 aliphatic rings. The number of likely N-dealkylation sites (tertiary alicyclic amines) is 1. The van der Waals surface area contributed by atoms with Crippen LogP contribution >= 0.6 is 0 Å². The third-order valence-corrected chi connectivity index (χ3v) is 4.54. The van der Waals surface area contributed by atoms with Crippen LogP contribution in [-0.4, -0.2) is 43.2 Å². The lowest BCUT2D eigenvalue weighted by atomic mass is 9.86. The van der Waals surface area contributed by atoms with Crippen molar-refractivity contribution in [1.29, 1.82) is 0 Å². The predicted molar refractivity (Wildman–Crippen MR) is 68.5 cm³/mol. The lowest BCUT2D eigenvalue weighted by molar-refractivity contribution is 0.148. The van der Waals surface area contributed by atoms with Crippen LogP contribution in [0.3, 0.4) is 0 Å². The Hall–Kier alpha value is -0.120. The Morgan fingerprint density at radius 1 is 1.31 bits per heavy atom. The molecule has 1 heterocycles. The molecule has 3 heteroatoms. The van der Waals surface area contributed by atoms with Crippen molar-refractivity contribution in [3.05, 3.63) is 0 Å². The Morgan fingerprint density at radius 2 is 2.00 bits per heavy atom. The van der Waals surface area contributed by atoms with Crippen LogP contribution in [0.25, 0.3) is 0 Å². The van der Waals surface area contributed by atoms with E-state index in [0.29, 0.717) is 0 Å². The van der Waals surface area contributed by atoms with Crippen LogP contribution in [-0.2, 0) is 0 Å². The molecular formula is C13H27N3. The molecule has 2 rings (SSSR count). The zero-order valence-electron chi connectivity index (χ0n) is 10.8. The largest absolute Gasteiger partial charge is 0.329 e. The second-order valence-electron chi connectivity index (χ2n) is 6.05. The van der Waals surface area contributed by atoms with Crippen molar-refractivity contribution in [2.24, 2.45) is 11.7 Å². The maximum Gasteiger partial charge on any atom is 0.0330 e. The van der Waals surface area contributed by atoms with Gasteiger partial charge in [0.1, 0.15) is 0 Å². The van der Waals surface area contributed by atoms with Crippen LogP contribution < -0.4 is 11.1 Å². The highest BCUT2D eigenvalue weighted by Gasteiger charge is 2.35. The Bertz CT molecular complexity index is 221. The highest BCUT2D eigenvalue weighted by Crippen LogP contribution is 2.29. The Labute approximate surface area is 99.8 Å². The van der Waals surface area contributed by atoms with E-state index in [-0.39, 0.29) is 5.54 Å². The van der Waals surface area contributed by atoms with Crippen LogP contribution in [0.2, 0.25) is 0 Å². The Kier molecular flexibility index (Phi) is 3.88. The SMILES string of the molecule is CC1CCC(NC2(CN)CCN(C)CC2)C1. The third-order valence-electron chi connectivity index (χ3n) is 4.54. The first-order chi connectivity index (χ1) is 7.63. The van der Waals surface area contributed by atoms with Gasteiger partial charge in [-0.05, 0) is 58.2 Å². The summed E-state index contributed by atoms with van der Waals surface area (Å²) in [7, 11) is 2.21. The minimum atomic E-state index is 0.237. The van der Waals surface area contributed by atoms with Crippen molar-refractivity contribution in [2.45, 2.75) is 50.6 Å². The van der Waals surface area contributed by atoms with E-state index in [2.05, 4.69) is 24.2 Å². The molecule has 0 aromatic heterocycles. The molecule has 1 saturated carbocycles. The van der Waals surface area contributed by atoms with Crippen molar-refractivity contribution in [3.8, 4) is 0 Å². The first-order valence-corrected chi connectivity index (χ1v) is 6.80. The number of piperidine rings is 1. The van der Waals surface area contributed by atoms with E-state index in [4.69, 9.17) is 5.73 Å². The molecule has 16 heavy (non-hydrogen) atoms. The molecule has 0 amide bonds.